The maximum atomic E-state index is 4.09. The SMILES string of the molecule is CCCn1nncc1CCCCC(C)C. The fourth-order valence-corrected chi connectivity index (χ4v) is 1.73. The minimum Gasteiger partial charge on any atom is -0.249 e. The number of unbranched alkanes of at least 4 members (excludes halogenated alkanes) is 1. The van der Waals surface area contributed by atoms with Crippen LogP contribution >= 0.6 is 0 Å². The third-order valence-corrected chi connectivity index (χ3v) is 2.60. The van der Waals surface area contributed by atoms with Crippen LogP contribution in [-0.4, -0.2) is 15.0 Å². The number of nitrogens with zero attached hydrogens (tertiary/aromatic N) is 3. The van der Waals surface area contributed by atoms with Crippen LogP contribution in [0.2, 0.25) is 0 Å². The van der Waals surface area contributed by atoms with Crippen LogP contribution in [0.1, 0.15) is 52.1 Å². The van der Waals surface area contributed by atoms with Crippen molar-refractivity contribution in [1.29, 1.82) is 0 Å². The van der Waals surface area contributed by atoms with E-state index in [0.717, 1.165) is 25.3 Å². The predicted molar refractivity (Wildman–Crippen MR) is 62.7 cm³/mol. The van der Waals surface area contributed by atoms with Crippen LogP contribution in [0, 0.1) is 5.92 Å². The molecule has 0 saturated heterocycles. The second-order valence-corrected chi connectivity index (χ2v) is 4.59. The van der Waals surface area contributed by atoms with Crippen LogP contribution < -0.4 is 0 Å². The normalized spacial score (nSPS) is 11.2. The summed E-state index contributed by atoms with van der Waals surface area (Å²) in [5.74, 6) is 0.823. The van der Waals surface area contributed by atoms with Gasteiger partial charge in [-0.1, -0.05) is 38.8 Å². The van der Waals surface area contributed by atoms with Crippen molar-refractivity contribution in [3.05, 3.63) is 11.9 Å². The van der Waals surface area contributed by atoms with E-state index in [2.05, 4.69) is 31.1 Å². The molecule has 0 radical (unpaired) electrons. The maximum absolute atomic E-state index is 4.09. The average molecular weight is 209 g/mol. The quantitative estimate of drug-likeness (QED) is 0.646. The minimum atomic E-state index is 0.823. The Kier molecular flexibility index (Phi) is 5.37. The average Bonchev–Trinajstić information content (AvgIpc) is 2.61. The van der Waals surface area contributed by atoms with E-state index in [9.17, 15) is 0 Å². The van der Waals surface area contributed by atoms with E-state index in [1.165, 1.54) is 25.0 Å². The fourth-order valence-electron chi connectivity index (χ4n) is 1.73. The fraction of sp³-hybridized carbons (Fsp3) is 0.833. The molecule has 0 amide bonds. The van der Waals surface area contributed by atoms with Gasteiger partial charge in [-0.2, -0.15) is 0 Å². The van der Waals surface area contributed by atoms with E-state index in [0.29, 0.717) is 0 Å². The van der Waals surface area contributed by atoms with Crippen LogP contribution in [0.5, 0.6) is 0 Å². The molecule has 86 valence electrons. The van der Waals surface area contributed by atoms with Crippen LogP contribution in [0.4, 0.5) is 0 Å². The molecule has 1 rings (SSSR count). The molecular formula is C12H23N3. The molecule has 0 unspecified atom stereocenters. The third-order valence-electron chi connectivity index (χ3n) is 2.60. The van der Waals surface area contributed by atoms with Gasteiger partial charge in [-0.3, -0.25) is 0 Å². The standard InChI is InChI=1S/C12H23N3/c1-4-9-15-12(10-13-14-15)8-6-5-7-11(2)3/h10-11H,4-9H2,1-3H3. The lowest BCUT2D eigenvalue weighted by Crippen LogP contribution is -2.04. The number of aryl methyl sites for hydroxylation is 2. The molecule has 0 saturated carbocycles. The van der Waals surface area contributed by atoms with Crippen molar-refractivity contribution >= 4 is 0 Å². The summed E-state index contributed by atoms with van der Waals surface area (Å²) >= 11 is 0. The van der Waals surface area contributed by atoms with Crippen molar-refractivity contribution in [3.8, 4) is 0 Å². The zero-order chi connectivity index (χ0) is 11.1. The molecule has 0 aliphatic rings. The summed E-state index contributed by atoms with van der Waals surface area (Å²) in [6.07, 6.45) is 8.06. The van der Waals surface area contributed by atoms with E-state index in [1.807, 2.05) is 10.9 Å². The summed E-state index contributed by atoms with van der Waals surface area (Å²) in [6, 6.07) is 0. The van der Waals surface area contributed by atoms with Gasteiger partial charge in [0.2, 0.25) is 0 Å². The molecular weight excluding hydrogens is 186 g/mol. The second-order valence-electron chi connectivity index (χ2n) is 4.59. The smallest absolute Gasteiger partial charge is 0.0725 e. The van der Waals surface area contributed by atoms with Crippen LogP contribution in [0.15, 0.2) is 6.20 Å². The zero-order valence-electron chi connectivity index (χ0n) is 10.2. The molecule has 0 aliphatic carbocycles. The van der Waals surface area contributed by atoms with Crippen molar-refractivity contribution < 1.29 is 0 Å². The molecule has 0 aliphatic heterocycles. The highest BCUT2D eigenvalue weighted by Gasteiger charge is 2.02. The molecule has 1 aromatic heterocycles. The molecule has 1 heterocycles. The van der Waals surface area contributed by atoms with Gasteiger partial charge < -0.3 is 0 Å². The number of aromatic nitrogens is 3. The summed E-state index contributed by atoms with van der Waals surface area (Å²) in [5, 5.41) is 8.05. The van der Waals surface area contributed by atoms with Gasteiger partial charge in [-0.25, -0.2) is 4.68 Å². The Hall–Kier alpha value is -0.860. The monoisotopic (exact) mass is 209 g/mol. The first-order chi connectivity index (χ1) is 7.24. The Labute approximate surface area is 92.9 Å². The highest BCUT2D eigenvalue weighted by Crippen LogP contribution is 2.10. The first kappa shape index (κ1) is 12.2. The first-order valence-corrected chi connectivity index (χ1v) is 6.11. The van der Waals surface area contributed by atoms with E-state index in [-0.39, 0.29) is 0 Å². The largest absolute Gasteiger partial charge is 0.249 e. The maximum Gasteiger partial charge on any atom is 0.0725 e. The topological polar surface area (TPSA) is 30.7 Å². The van der Waals surface area contributed by atoms with Crippen LogP contribution in [0.25, 0.3) is 0 Å². The van der Waals surface area contributed by atoms with Gasteiger partial charge in [0.1, 0.15) is 0 Å². The predicted octanol–water partition coefficient (Wildman–Crippen LogP) is 3.06. The Morgan fingerprint density at radius 1 is 1.33 bits per heavy atom. The lowest BCUT2D eigenvalue weighted by atomic mass is 10.0. The summed E-state index contributed by atoms with van der Waals surface area (Å²) < 4.78 is 2.04. The Morgan fingerprint density at radius 3 is 2.80 bits per heavy atom. The molecule has 3 heteroatoms. The Bertz CT molecular complexity index is 266. The third kappa shape index (κ3) is 4.45. The summed E-state index contributed by atoms with van der Waals surface area (Å²) in [4.78, 5) is 0. The van der Waals surface area contributed by atoms with Crippen LogP contribution in [-0.2, 0) is 13.0 Å². The van der Waals surface area contributed by atoms with Crippen molar-refractivity contribution in [2.75, 3.05) is 0 Å². The summed E-state index contributed by atoms with van der Waals surface area (Å²) in [6.45, 7) is 7.73. The molecule has 0 atom stereocenters. The van der Waals surface area contributed by atoms with Gasteiger partial charge in [0.25, 0.3) is 0 Å². The van der Waals surface area contributed by atoms with Gasteiger partial charge in [0, 0.05) is 6.54 Å². The van der Waals surface area contributed by atoms with Gasteiger partial charge in [-0.15, -0.1) is 5.10 Å². The van der Waals surface area contributed by atoms with Crippen LogP contribution in [0.3, 0.4) is 0 Å². The van der Waals surface area contributed by atoms with Crippen molar-refractivity contribution in [2.45, 2.75) is 59.4 Å². The number of rotatable bonds is 7. The molecule has 15 heavy (non-hydrogen) atoms. The molecule has 1 aromatic rings. The summed E-state index contributed by atoms with van der Waals surface area (Å²) in [5.41, 5.74) is 1.29. The van der Waals surface area contributed by atoms with Crippen molar-refractivity contribution in [1.82, 2.24) is 15.0 Å². The van der Waals surface area contributed by atoms with E-state index in [4.69, 9.17) is 0 Å². The summed E-state index contributed by atoms with van der Waals surface area (Å²) in [7, 11) is 0. The Balaban J connectivity index is 2.27. The highest BCUT2D eigenvalue weighted by atomic mass is 15.4. The minimum absolute atomic E-state index is 0.823. The van der Waals surface area contributed by atoms with Gasteiger partial charge in [0.05, 0.1) is 11.9 Å². The molecule has 0 aromatic carbocycles. The molecule has 3 nitrogen and oxygen atoms in total. The number of hydrogen-bond acceptors (Lipinski definition) is 2. The van der Waals surface area contributed by atoms with E-state index >= 15 is 0 Å². The Morgan fingerprint density at radius 2 is 2.13 bits per heavy atom. The lowest BCUT2D eigenvalue weighted by molar-refractivity contribution is 0.516. The zero-order valence-corrected chi connectivity index (χ0v) is 10.2. The molecule has 0 fully saturated rings. The number of hydrogen-bond donors (Lipinski definition) is 0. The van der Waals surface area contributed by atoms with E-state index < -0.39 is 0 Å². The van der Waals surface area contributed by atoms with Crippen molar-refractivity contribution in [2.24, 2.45) is 5.92 Å². The lowest BCUT2D eigenvalue weighted by Gasteiger charge is -2.05. The molecule has 0 N–H and O–H groups in total. The molecule has 0 spiro atoms. The van der Waals surface area contributed by atoms with Gasteiger partial charge in [-0.05, 0) is 25.2 Å². The highest BCUT2D eigenvalue weighted by molar-refractivity contribution is 4.93. The van der Waals surface area contributed by atoms with Crippen molar-refractivity contribution in [3.63, 3.8) is 0 Å². The van der Waals surface area contributed by atoms with Gasteiger partial charge in [0.15, 0.2) is 0 Å². The van der Waals surface area contributed by atoms with Gasteiger partial charge >= 0.3 is 0 Å². The second kappa shape index (κ2) is 6.59. The van der Waals surface area contributed by atoms with E-state index in [1.54, 1.807) is 0 Å². The first-order valence-electron chi connectivity index (χ1n) is 6.11. The molecule has 0 bridgehead atoms.